The van der Waals surface area contributed by atoms with Crippen molar-refractivity contribution in [3.63, 3.8) is 0 Å². The number of aliphatic carboxylic acids is 1. The van der Waals surface area contributed by atoms with Gasteiger partial charge in [-0.2, -0.15) is 0 Å². The van der Waals surface area contributed by atoms with Gasteiger partial charge >= 0.3 is 5.97 Å². The molecule has 0 heterocycles. The minimum absolute atomic E-state index is 0.643. The second-order valence-electron chi connectivity index (χ2n) is 3.79. The van der Waals surface area contributed by atoms with Gasteiger partial charge in [0.05, 0.1) is 5.41 Å². The molecule has 0 atom stereocenters. The van der Waals surface area contributed by atoms with E-state index >= 15 is 0 Å². The predicted octanol–water partition coefficient (Wildman–Crippen LogP) is 3.29. The standard InChI is InChI=1S/C12H11BrO2/c13-10(12(6-7-12)11(14)15)8-9-4-2-1-3-5-9/h1-5,8H,6-7H2,(H,14,15). The average Bonchev–Trinajstić information content (AvgIpc) is 2.99. The van der Waals surface area contributed by atoms with Crippen LogP contribution in [0.2, 0.25) is 0 Å². The highest BCUT2D eigenvalue weighted by Crippen LogP contribution is 2.54. The minimum atomic E-state index is -0.735. The molecule has 2 nitrogen and oxygen atoms in total. The van der Waals surface area contributed by atoms with E-state index in [1.165, 1.54) is 0 Å². The van der Waals surface area contributed by atoms with Crippen molar-refractivity contribution in [2.45, 2.75) is 12.8 Å². The van der Waals surface area contributed by atoms with Crippen LogP contribution in [0.25, 0.3) is 6.08 Å². The van der Waals surface area contributed by atoms with Gasteiger partial charge in [-0.3, -0.25) is 4.79 Å². The average molecular weight is 267 g/mol. The molecule has 0 aromatic heterocycles. The molecule has 1 saturated carbocycles. The lowest BCUT2D eigenvalue weighted by atomic mass is 10.1. The number of carboxylic acids is 1. The van der Waals surface area contributed by atoms with Crippen molar-refractivity contribution < 1.29 is 9.90 Å². The van der Waals surface area contributed by atoms with Gasteiger partial charge in [-0.05, 0) is 24.5 Å². The summed E-state index contributed by atoms with van der Waals surface area (Å²) in [7, 11) is 0. The highest BCUT2D eigenvalue weighted by molar-refractivity contribution is 9.11. The van der Waals surface area contributed by atoms with Crippen LogP contribution in [0.4, 0.5) is 0 Å². The maximum atomic E-state index is 11.0. The molecular weight excluding hydrogens is 256 g/mol. The predicted molar refractivity (Wildman–Crippen MR) is 62.6 cm³/mol. The van der Waals surface area contributed by atoms with Gasteiger partial charge in [0.2, 0.25) is 0 Å². The molecule has 1 aromatic rings. The molecule has 0 amide bonds. The summed E-state index contributed by atoms with van der Waals surface area (Å²) in [6, 6.07) is 9.73. The van der Waals surface area contributed by atoms with Crippen LogP contribution in [0.1, 0.15) is 18.4 Å². The first kappa shape index (κ1) is 10.4. The lowest BCUT2D eigenvalue weighted by Gasteiger charge is -2.08. The first-order valence-corrected chi connectivity index (χ1v) is 5.60. The van der Waals surface area contributed by atoms with Crippen LogP contribution >= 0.6 is 15.9 Å². The Morgan fingerprint density at radius 2 is 1.93 bits per heavy atom. The molecule has 0 unspecified atom stereocenters. The van der Waals surface area contributed by atoms with Gasteiger partial charge < -0.3 is 5.11 Å². The van der Waals surface area contributed by atoms with E-state index in [0.29, 0.717) is 0 Å². The largest absolute Gasteiger partial charge is 0.481 e. The molecule has 1 N–H and O–H groups in total. The number of rotatable bonds is 3. The Bertz CT molecular complexity index is 405. The third-order valence-corrected chi connectivity index (χ3v) is 3.70. The summed E-state index contributed by atoms with van der Waals surface area (Å²) in [5, 5.41) is 9.08. The quantitative estimate of drug-likeness (QED) is 0.912. The molecule has 0 bridgehead atoms. The van der Waals surface area contributed by atoms with Crippen molar-refractivity contribution in [3.05, 3.63) is 40.4 Å². The zero-order chi connectivity index (χ0) is 10.9. The molecule has 1 fully saturated rings. The summed E-state index contributed by atoms with van der Waals surface area (Å²) < 4.78 is 0.772. The van der Waals surface area contributed by atoms with E-state index < -0.39 is 11.4 Å². The summed E-state index contributed by atoms with van der Waals surface area (Å²) in [4.78, 5) is 11.0. The Labute approximate surface area is 96.7 Å². The number of benzene rings is 1. The monoisotopic (exact) mass is 266 g/mol. The molecule has 15 heavy (non-hydrogen) atoms. The van der Waals surface area contributed by atoms with E-state index in [4.69, 9.17) is 5.11 Å². The summed E-state index contributed by atoms with van der Waals surface area (Å²) in [6.45, 7) is 0. The molecule has 0 aliphatic heterocycles. The van der Waals surface area contributed by atoms with Crippen LogP contribution in [0, 0.1) is 5.41 Å². The van der Waals surface area contributed by atoms with E-state index in [2.05, 4.69) is 15.9 Å². The van der Waals surface area contributed by atoms with Crippen LogP contribution in [-0.4, -0.2) is 11.1 Å². The van der Waals surface area contributed by atoms with Gasteiger partial charge in [0, 0.05) is 4.48 Å². The summed E-state index contributed by atoms with van der Waals surface area (Å²) >= 11 is 3.38. The van der Waals surface area contributed by atoms with Crippen LogP contribution in [0.5, 0.6) is 0 Å². The maximum absolute atomic E-state index is 11.0. The second-order valence-corrected chi connectivity index (χ2v) is 4.64. The maximum Gasteiger partial charge on any atom is 0.314 e. The fraction of sp³-hybridized carbons (Fsp3) is 0.250. The van der Waals surface area contributed by atoms with Gasteiger partial charge in [-0.15, -0.1) is 0 Å². The molecule has 1 aliphatic rings. The summed E-state index contributed by atoms with van der Waals surface area (Å²) in [6.07, 6.45) is 3.35. The highest BCUT2D eigenvalue weighted by Gasteiger charge is 2.52. The molecule has 78 valence electrons. The topological polar surface area (TPSA) is 37.3 Å². The molecule has 1 aliphatic carbocycles. The van der Waals surface area contributed by atoms with Crippen molar-refractivity contribution in [2.24, 2.45) is 5.41 Å². The fourth-order valence-electron chi connectivity index (χ4n) is 1.51. The third-order valence-electron chi connectivity index (χ3n) is 2.71. The number of hydrogen-bond donors (Lipinski definition) is 1. The van der Waals surface area contributed by atoms with Crippen molar-refractivity contribution in [1.82, 2.24) is 0 Å². The van der Waals surface area contributed by atoms with Crippen LogP contribution in [0.3, 0.4) is 0 Å². The van der Waals surface area contributed by atoms with E-state index in [-0.39, 0.29) is 0 Å². The fourth-order valence-corrected chi connectivity index (χ4v) is 2.34. The van der Waals surface area contributed by atoms with Gasteiger partial charge in [-0.1, -0.05) is 46.3 Å². The molecule has 0 spiro atoms. The summed E-state index contributed by atoms with van der Waals surface area (Å²) in [5.74, 6) is -0.735. The number of carbonyl (C=O) groups is 1. The van der Waals surface area contributed by atoms with Crippen molar-refractivity contribution in [3.8, 4) is 0 Å². The number of halogens is 1. The summed E-state index contributed by atoms with van der Waals surface area (Å²) in [5.41, 5.74) is 0.382. The molecule has 0 saturated heterocycles. The normalized spacial score (nSPS) is 18.6. The van der Waals surface area contributed by atoms with E-state index in [1.54, 1.807) is 0 Å². The minimum Gasteiger partial charge on any atom is -0.481 e. The zero-order valence-electron chi connectivity index (χ0n) is 8.11. The molecule has 0 radical (unpaired) electrons. The van der Waals surface area contributed by atoms with Gasteiger partial charge in [0.25, 0.3) is 0 Å². The smallest absolute Gasteiger partial charge is 0.314 e. The number of hydrogen-bond acceptors (Lipinski definition) is 1. The molecule has 2 rings (SSSR count). The SMILES string of the molecule is O=C(O)C1(C(Br)=Cc2ccccc2)CC1. The van der Waals surface area contributed by atoms with Gasteiger partial charge in [0.1, 0.15) is 0 Å². The third kappa shape index (κ3) is 1.97. The van der Waals surface area contributed by atoms with Crippen molar-refractivity contribution in [1.29, 1.82) is 0 Å². The van der Waals surface area contributed by atoms with E-state index in [9.17, 15) is 4.79 Å². The first-order chi connectivity index (χ1) is 7.15. The Kier molecular flexibility index (Phi) is 2.65. The van der Waals surface area contributed by atoms with E-state index in [1.807, 2.05) is 36.4 Å². The lowest BCUT2D eigenvalue weighted by Crippen LogP contribution is -2.14. The van der Waals surface area contributed by atoms with Crippen LogP contribution in [0.15, 0.2) is 34.8 Å². The van der Waals surface area contributed by atoms with Gasteiger partial charge in [0.15, 0.2) is 0 Å². The van der Waals surface area contributed by atoms with Crippen LogP contribution in [-0.2, 0) is 4.79 Å². The first-order valence-electron chi connectivity index (χ1n) is 4.81. The highest BCUT2D eigenvalue weighted by atomic mass is 79.9. The Morgan fingerprint density at radius 3 is 2.40 bits per heavy atom. The van der Waals surface area contributed by atoms with Crippen molar-refractivity contribution in [2.75, 3.05) is 0 Å². The van der Waals surface area contributed by atoms with E-state index in [0.717, 1.165) is 22.9 Å². The second kappa shape index (κ2) is 3.81. The zero-order valence-corrected chi connectivity index (χ0v) is 9.70. The van der Waals surface area contributed by atoms with Crippen LogP contribution < -0.4 is 0 Å². The number of carboxylic acid groups (broad SMARTS) is 1. The molecule has 3 heteroatoms. The Morgan fingerprint density at radius 1 is 1.33 bits per heavy atom. The van der Waals surface area contributed by atoms with Gasteiger partial charge in [-0.25, -0.2) is 0 Å². The molecular formula is C12H11BrO2. The lowest BCUT2D eigenvalue weighted by molar-refractivity contribution is -0.141. The Hall–Kier alpha value is -1.09. The van der Waals surface area contributed by atoms with Crippen molar-refractivity contribution >= 4 is 28.0 Å². The Balaban J connectivity index is 2.25. The molecule has 1 aromatic carbocycles.